The van der Waals surface area contributed by atoms with Gasteiger partial charge in [0, 0.05) is 12.7 Å². The maximum Gasteiger partial charge on any atom is 0.318 e. The Morgan fingerprint density at radius 2 is 2.22 bits per heavy atom. The first-order valence-electron chi connectivity index (χ1n) is 5.00. The van der Waals surface area contributed by atoms with Crippen LogP contribution in [0, 0.1) is 11.3 Å². The number of hydrogen-bond donors (Lipinski definition) is 1. The summed E-state index contributed by atoms with van der Waals surface area (Å²) in [5.41, 5.74) is 0.0928. The first-order valence-corrected chi connectivity index (χ1v) is 6.44. The first-order chi connectivity index (χ1) is 8.41. The molecule has 0 aliphatic carbocycles. The Labute approximate surface area is 104 Å². The minimum atomic E-state index is -3.89. The van der Waals surface area contributed by atoms with Gasteiger partial charge in [0.2, 0.25) is 10.0 Å². The Balaban J connectivity index is 3.11. The molecule has 0 aliphatic heterocycles. The predicted octanol–water partition coefficient (Wildman–Crippen LogP) is 0.0485. The molecule has 0 amide bonds. The van der Waals surface area contributed by atoms with E-state index >= 15 is 0 Å². The molecule has 0 atom stereocenters. The molecule has 8 heteroatoms. The number of aliphatic carboxylic acids is 1. The van der Waals surface area contributed by atoms with E-state index in [1.165, 1.54) is 19.1 Å². The Bertz CT molecular complexity index is 574. The zero-order valence-electron chi connectivity index (χ0n) is 9.57. The highest BCUT2D eigenvalue weighted by atomic mass is 32.2. The van der Waals surface area contributed by atoms with E-state index in [1.54, 1.807) is 6.07 Å². The van der Waals surface area contributed by atoms with Crippen LogP contribution in [0.4, 0.5) is 0 Å². The van der Waals surface area contributed by atoms with Crippen molar-refractivity contribution in [2.24, 2.45) is 0 Å². The number of carbonyl (C=O) groups is 1. The van der Waals surface area contributed by atoms with Crippen LogP contribution in [0.3, 0.4) is 0 Å². The molecule has 1 N–H and O–H groups in total. The molecular formula is C10H11N3O4S. The third-order valence-electron chi connectivity index (χ3n) is 2.15. The predicted molar refractivity (Wildman–Crippen MR) is 61.0 cm³/mol. The second kappa shape index (κ2) is 5.57. The van der Waals surface area contributed by atoms with E-state index in [0.29, 0.717) is 0 Å². The number of likely N-dealkylation sites (N-methyl/N-ethyl adjacent to an activating group) is 1. The minimum Gasteiger partial charge on any atom is -0.480 e. The van der Waals surface area contributed by atoms with Crippen molar-refractivity contribution >= 4 is 16.0 Å². The number of carboxylic acid groups (broad SMARTS) is 1. The molecule has 1 rings (SSSR count). The Morgan fingerprint density at radius 3 is 2.61 bits per heavy atom. The summed E-state index contributed by atoms with van der Waals surface area (Å²) >= 11 is 0. The summed E-state index contributed by atoms with van der Waals surface area (Å²) in [7, 11) is -3.89. The summed E-state index contributed by atoms with van der Waals surface area (Å²) in [6.07, 6.45) is 1.04. The minimum absolute atomic E-state index is 0.0363. The quantitative estimate of drug-likeness (QED) is 0.808. The summed E-state index contributed by atoms with van der Waals surface area (Å²) in [6, 6.07) is 4.26. The molecule has 0 unspecified atom stereocenters. The van der Waals surface area contributed by atoms with Gasteiger partial charge in [-0.15, -0.1) is 0 Å². The van der Waals surface area contributed by atoms with Crippen LogP contribution in [0.15, 0.2) is 23.2 Å². The van der Waals surface area contributed by atoms with Crippen LogP contribution in [-0.2, 0) is 14.8 Å². The van der Waals surface area contributed by atoms with Crippen LogP contribution in [0.2, 0.25) is 0 Å². The fraction of sp³-hybridized carbons (Fsp3) is 0.300. The van der Waals surface area contributed by atoms with E-state index in [4.69, 9.17) is 10.4 Å². The van der Waals surface area contributed by atoms with E-state index in [9.17, 15) is 13.2 Å². The molecule has 0 radical (unpaired) electrons. The van der Waals surface area contributed by atoms with Gasteiger partial charge >= 0.3 is 5.97 Å². The van der Waals surface area contributed by atoms with Crippen molar-refractivity contribution in [2.45, 2.75) is 11.8 Å². The zero-order chi connectivity index (χ0) is 13.8. The number of carboxylic acids is 1. The molecule has 1 heterocycles. The zero-order valence-corrected chi connectivity index (χ0v) is 10.4. The van der Waals surface area contributed by atoms with Gasteiger partial charge in [-0.1, -0.05) is 6.92 Å². The normalized spacial score (nSPS) is 11.2. The lowest BCUT2D eigenvalue weighted by Gasteiger charge is -2.17. The van der Waals surface area contributed by atoms with E-state index in [2.05, 4.69) is 4.98 Å². The van der Waals surface area contributed by atoms with Crippen molar-refractivity contribution in [3.8, 4) is 6.07 Å². The van der Waals surface area contributed by atoms with E-state index in [1.807, 2.05) is 0 Å². The first kappa shape index (κ1) is 14.1. The van der Waals surface area contributed by atoms with Crippen LogP contribution in [0.5, 0.6) is 0 Å². The average Bonchev–Trinajstić information content (AvgIpc) is 2.35. The Hall–Kier alpha value is -1.98. The molecule has 18 heavy (non-hydrogen) atoms. The van der Waals surface area contributed by atoms with Crippen LogP contribution in [0.25, 0.3) is 0 Å². The van der Waals surface area contributed by atoms with Gasteiger partial charge in [0.25, 0.3) is 0 Å². The molecule has 1 aromatic rings. The van der Waals surface area contributed by atoms with Crippen molar-refractivity contribution in [3.63, 3.8) is 0 Å². The summed E-state index contributed by atoms with van der Waals surface area (Å²) < 4.78 is 24.9. The maximum absolute atomic E-state index is 12.0. The van der Waals surface area contributed by atoms with Gasteiger partial charge in [-0.3, -0.25) is 4.79 Å². The molecule has 0 aromatic carbocycles. The summed E-state index contributed by atoms with van der Waals surface area (Å²) in [5, 5.41) is 17.2. The molecule has 0 saturated heterocycles. The van der Waals surface area contributed by atoms with Crippen molar-refractivity contribution < 1.29 is 18.3 Å². The third-order valence-corrected chi connectivity index (χ3v) is 4.06. The lowest BCUT2D eigenvalue weighted by molar-refractivity contribution is -0.137. The summed E-state index contributed by atoms with van der Waals surface area (Å²) in [4.78, 5) is 14.1. The molecule has 0 fully saturated rings. The molecule has 0 aliphatic rings. The van der Waals surface area contributed by atoms with Gasteiger partial charge in [0.1, 0.15) is 23.2 Å². The molecular weight excluding hydrogens is 258 g/mol. The molecule has 0 saturated carbocycles. The van der Waals surface area contributed by atoms with Crippen molar-refractivity contribution in [1.29, 1.82) is 5.26 Å². The lowest BCUT2D eigenvalue weighted by atomic mass is 10.4. The van der Waals surface area contributed by atoms with Crippen LogP contribution >= 0.6 is 0 Å². The molecule has 1 aromatic heterocycles. The van der Waals surface area contributed by atoms with Gasteiger partial charge in [-0.05, 0) is 12.1 Å². The highest BCUT2D eigenvalue weighted by Crippen LogP contribution is 2.14. The van der Waals surface area contributed by atoms with Gasteiger partial charge in [-0.25, -0.2) is 13.4 Å². The van der Waals surface area contributed by atoms with Gasteiger partial charge in [0.15, 0.2) is 0 Å². The number of rotatable bonds is 5. The van der Waals surface area contributed by atoms with E-state index < -0.39 is 22.5 Å². The monoisotopic (exact) mass is 269 g/mol. The molecule has 0 spiro atoms. The SMILES string of the molecule is CCN(CC(=O)O)S(=O)(=O)c1ccc(C#N)nc1. The van der Waals surface area contributed by atoms with Crippen molar-refractivity contribution in [2.75, 3.05) is 13.1 Å². The van der Waals surface area contributed by atoms with Crippen LogP contribution in [-0.4, -0.2) is 41.9 Å². The fourth-order valence-corrected chi connectivity index (χ4v) is 2.61. The van der Waals surface area contributed by atoms with E-state index in [-0.39, 0.29) is 17.1 Å². The summed E-state index contributed by atoms with van der Waals surface area (Å²) in [6.45, 7) is 0.963. The molecule has 7 nitrogen and oxygen atoms in total. The number of sulfonamides is 1. The smallest absolute Gasteiger partial charge is 0.318 e. The van der Waals surface area contributed by atoms with Crippen molar-refractivity contribution in [1.82, 2.24) is 9.29 Å². The van der Waals surface area contributed by atoms with E-state index in [0.717, 1.165) is 10.5 Å². The third kappa shape index (κ3) is 3.03. The second-order valence-electron chi connectivity index (χ2n) is 3.32. The topological polar surface area (TPSA) is 111 Å². The average molecular weight is 269 g/mol. The standard InChI is InChI=1S/C10H11N3O4S/c1-2-13(7-10(14)15)18(16,17)9-4-3-8(5-11)12-6-9/h3-4,6H,2,7H2,1H3,(H,14,15). The fourth-order valence-electron chi connectivity index (χ4n) is 1.27. The molecule has 0 bridgehead atoms. The van der Waals surface area contributed by atoms with Crippen molar-refractivity contribution in [3.05, 3.63) is 24.0 Å². The van der Waals surface area contributed by atoms with Gasteiger partial charge in [-0.2, -0.15) is 9.57 Å². The number of hydrogen-bond acceptors (Lipinski definition) is 5. The number of nitriles is 1. The van der Waals surface area contributed by atoms with Gasteiger partial charge in [0.05, 0.1) is 0 Å². The highest BCUT2D eigenvalue weighted by Gasteiger charge is 2.25. The Morgan fingerprint density at radius 1 is 1.56 bits per heavy atom. The second-order valence-corrected chi connectivity index (χ2v) is 5.25. The lowest BCUT2D eigenvalue weighted by Crippen LogP contribution is -2.35. The van der Waals surface area contributed by atoms with Crippen LogP contribution in [0.1, 0.15) is 12.6 Å². The Kier molecular flexibility index (Phi) is 4.36. The van der Waals surface area contributed by atoms with Crippen LogP contribution < -0.4 is 0 Å². The largest absolute Gasteiger partial charge is 0.480 e. The number of aromatic nitrogens is 1. The number of pyridine rings is 1. The highest BCUT2D eigenvalue weighted by molar-refractivity contribution is 7.89. The number of nitrogens with zero attached hydrogens (tertiary/aromatic N) is 3. The van der Waals surface area contributed by atoms with Gasteiger partial charge < -0.3 is 5.11 Å². The maximum atomic E-state index is 12.0. The molecule has 96 valence electrons. The summed E-state index contributed by atoms with van der Waals surface area (Å²) in [5.74, 6) is -1.23.